The van der Waals surface area contributed by atoms with Gasteiger partial charge in [-0.2, -0.15) is 0 Å². The molecular weight excluding hydrogens is 262 g/mol. The predicted molar refractivity (Wildman–Crippen MR) is 83.1 cm³/mol. The second-order valence-electron chi connectivity index (χ2n) is 6.13. The molecule has 0 aromatic carbocycles. The second-order valence-corrected chi connectivity index (χ2v) is 6.13. The van der Waals surface area contributed by atoms with E-state index in [0.717, 1.165) is 32.6 Å². The molecule has 0 radical (unpaired) electrons. The summed E-state index contributed by atoms with van der Waals surface area (Å²) >= 11 is 0. The lowest BCUT2D eigenvalue weighted by molar-refractivity contribution is 0.0366. The number of hydrogen-bond donors (Lipinski definition) is 0. The molecule has 2 fully saturated rings. The average Bonchev–Trinajstić information content (AvgIpc) is 2.90. The summed E-state index contributed by atoms with van der Waals surface area (Å²) in [5.41, 5.74) is 0.868. The smallest absolute Gasteiger partial charge is 0.255 e. The van der Waals surface area contributed by atoms with Crippen molar-refractivity contribution in [1.82, 2.24) is 14.8 Å². The Labute approximate surface area is 126 Å². The molecule has 21 heavy (non-hydrogen) atoms. The number of pyridine rings is 1. The van der Waals surface area contributed by atoms with Gasteiger partial charge in [-0.25, -0.2) is 0 Å². The molecule has 2 saturated heterocycles. The lowest BCUT2D eigenvalue weighted by atomic mass is 9.86. The van der Waals surface area contributed by atoms with E-state index in [1.807, 2.05) is 23.1 Å². The Morgan fingerprint density at radius 1 is 1.38 bits per heavy atom. The van der Waals surface area contributed by atoms with Gasteiger partial charge in [-0.15, -0.1) is 6.58 Å². The van der Waals surface area contributed by atoms with Gasteiger partial charge in [-0.05, 0) is 44.4 Å². The third-order valence-corrected chi connectivity index (χ3v) is 4.84. The van der Waals surface area contributed by atoms with Gasteiger partial charge in [0.1, 0.15) is 0 Å². The van der Waals surface area contributed by atoms with Gasteiger partial charge in [0.2, 0.25) is 0 Å². The molecule has 1 spiro atoms. The first-order chi connectivity index (χ1) is 10.2. The van der Waals surface area contributed by atoms with Crippen LogP contribution in [0.25, 0.3) is 0 Å². The Hall–Kier alpha value is -1.68. The van der Waals surface area contributed by atoms with Gasteiger partial charge in [0.15, 0.2) is 0 Å². The van der Waals surface area contributed by atoms with Crippen LogP contribution >= 0.6 is 0 Å². The molecule has 2 aliphatic rings. The Balaban J connectivity index is 1.76. The van der Waals surface area contributed by atoms with Gasteiger partial charge in [0.25, 0.3) is 5.91 Å². The van der Waals surface area contributed by atoms with Crippen molar-refractivity contribution < 1.29 is 4.79 Å². The Bertz CT molecular complexity index is 516. The third kappa shape index (κ3) is 2.72. The van der Waals surface area contributed by atoms with E-state index < -0.39 is 0 Å². The van der Waals surface area contributed by atoms with Gasteiger partial charge >= 0.3 is 0 Å². The molecule has 2 aliphatic heterocycles. The molecule has 1 unspecified atom stereocenters. The summed E-state index contributed by atoms with van der Waals surface area (Å²) in [5.74, 6) is 0.118. The van der Waals surface area contributed by atoms with Crippen LogP contribution < -0.4 is 0 Å². The monoisotopic (exact) mass is 285 g/mol. The largest absolute Gasteiger partial charge is 0.337 e. The van der Waals surface area contributed by atoms with Crippen molar-refractivity contribution in [1.29, 1.82) is 0 Å². The molecule has 1 amide bonds. The molecule has 3 rings (SSSR count). The van der Waals surface area contributed by atoms with Crippen LogP contribution in [0.3, 0.4) is 0 Å². The first-order valence-electron chi connectivity index (χ1n) is 7.80. The van der Waals surface area contributed by atoms with E-state index in [9.17, 15) is 4.79 Å². The number of piperidine rings is 1. The molecule has 0 aliphatic carbocycles. The number of carbonyl (C=O) groups is 1. The quantitative estimate of drug-likeness (QED) is 0.800. The molecule has 4 heteroatoms. The minimum atomic E-state index is 0.118. The van der Waals surface area contributed by atoms with E-state index >= 15 is 0 Å². The number of carbonyl (C=O) groups excluding carboxylic acids is 1. The van der Waals surface area contributed by atoms with Crippen LogP contribution in [0.2, 0.25) is 0 Å². The SMILES string of the molecule is C=CCN1CCCC12CCCN(C(=O)c1cccnc1)C2. The summed E-state index contributed by atoms with van der Waals surface area (Å²) < 4.78 is 0. The van der Waals surface area contributed by atoms with Gasteiger partial charge < -0.3 is 4.90 Å². The van der Waals surface area contributed by atoms with Gasteiger partial charge in [0.05, 0.1) is 5.56 Å². The van der Waals surface area contributed by atoms with Crippen molar-refractivity contribution in [2.45, 2.75) is 31.2 Å². The number of rotatable bonds is 3. The molecule has 3 heterocycles. The van der Waals surface area contributed by atoms with E-state index in [4.69, 9.17) is 0 Å². The van der Waals surface area contributed by atoms with E-state index in [-0.39, 0.29) is 11.4 Å². The van der Waals surface area contributed by atoms with E-state index in [1.54, 1.807) is 12.4 Å². The molecule has 0 saturated carbocycles. The van der Waals surface area contributed by atoms with E-state index in [0.29, 0.717) is 5.56 Å². The zero-order valence-electron chi connectivity index (χ0n) is 12.5. The Kier molecular flexibility index (Phi) is 4.06. The van der Waals surface area contributed by atoms with Gasteiger partial charge in [0, 0.05) is 37.6 Å². The highest BCUT2D eigenvalue weighted by molar-refractivity contribution is 5.94. The summed E-state index contributed by atoms with van der Waals surface area (Å²) in [4.78, 5) is 21.2. The number of nitrogens with zero attached hydrogens (tertiary/aromatic N) is 3. The van der Waals surface area contributed by atoms with Gasteiger partial charge in [-0.1, -0.05) is 6.08 Å². The average molecular weight is 285 g/mol. The Morgan fingerprint density at radius 2 is 2.19 bits per heavy atom. The molecule has 1 aromatic heterocycles. The summed E-state index contributed by atoms with van der Waals surface area (Å²) in [6.07, 6.45) is 10.0. The number of aromatic nitrogens is 1. The van der Waals surface area contributed by atoms with Crippen molar-refractivity contribution in [3.63, 3.8) is 0 Å². The predicted octanol–water partition coefficient (Wildman–Crippen LogP) is 2.34. The molecule has 4 nitrogen and oxygen atoms in total. The van der Waals surface area contributed by atoms with Crippen molar-refractivity contribution in [3.05, 3.63) is 42.7 Å². The number of likely N-dealkylation sites (tertiary alicyclic amines) is 2. The van der Waals surface area contributed by atoms with E-state index in [1.165, 1.54) is 19.3 Å². The van der Waals surface area contributed by atoms with Crippen LogP contribution in [0.4, 0.5) is 0 Å². The first-order valence-corrected chi connectivity index (χ1v) is 7.80. The third-order valence-electron chi connectivity index (χ3n) is 4.84. The van der Waals surface area contributed by atoms with Crippen LogP contribution in [0, 0.1) is 0 Å². The number of hydrogen-bond acceptors (Lipinski definition) is 3. The van der Waals surface area contributed by atoms with Crippen LogP contribution in [0.15, 0.2) is 37.2 Å². The van der Waals surface area contributed by atoms with Crippen molar-refractivity contribution >= 4 is 5.91 Å². The second kappa shape index (κ2) is 5.98. The molecule has 1 atom stereocenters. The molecule has 0 N–H and O–H groups in total. The lowest BCUT2D eigenvalue weighted by Crippen LogP contribution is -2.56. The lowest BCUT2D eigenvalue weighted by Gasteiger charge is -2.45. The van der Waals surface area contributed by atoms with Crippen molar-refractivity contribution in [2.75, 3.05) is 26.2 Å². The number of amides is 1. The Morgan fingerprint density at radius 3 is 2.90 bits per heavy atom. The molecule has 1 aromatic rings. The van der Waals surface area contributed by atoms with Crippen molar-refractivity contribution in [3.8, 4) is 0 Å². The fourth-order valence-corrected chi connectivity index (χ4v) is 3.85. The minimum Gasteiger partial charge on any atom is -0.337 e. The summed E-state index contributed by atoms with van der Waals surface area (Å²) in [5, 5.41) is 0. The fraction of sp³-hybridized carbons (Fsp3) is 0.529. The highest BCUT2D eigenvalue weighted by Crippen LogP contribution is 2.37. The minimum absolute atomic E-state index is 0.118. The maximum absolute atomic E-state index is 12.7. The van der Waals surface area contributed by atoms with Gasteiger partial charge in [-0.3, -0.25) is 14.7 Å². The maximum Gasteiger partial charge on any atom is 0.255 e. The van der Waals surface area contributed by atoms with Crippen LogP contribution in [-0.4, -0.2) is 52.4 Å². The zero-order chi connectivity index (χ0) is 14.7. The van der Waals surface area contributed by atoms with E-state index in [2.05, 4.69) is 16.5 Å². The summed E-state index contributed by atoms with van der Waals surface area (Å²) in [7, 11) is 0. The van der Waals surface area contributed by atoms with Crippen LogP contribution in [-0.2, 0) is 0 Å². The summed E-state index contributed by atoms with van der Waals surface area (Å²) in [6.45, 7) is 7.63. The van der Waals surface area contributed by atoms with Crippen LogP contribution in [0.5, 0.6) is 0 Å². The van der Waals surface area contributed by atoms with Crippen molar-refractivity contribution in [2.24, 2.45) is 0 Å². The van der Waals surface area contributed by atoms with Crippen LogP contribution in [0.1, 0.15) is 36.0 Å². The fourth-order valence-electron chi connectivity index (χ4n) is 3.85. The highest BCUT2D eigenvalue weighted by Gasteiger charge is 2.44. The molecule has 112 valence electrons. The summed E-state index contributed by atoms with van der Waals surface area (Å²) in [6, 6.07) is 3.68. The molecular formula is C17H23N3O. The topological polar surface area (TPSA) is 36.4 Å². The zero-order valence-corrected chi connectivity index (χ0v) is 12.5. The highest BCUT2D eigenvalue weighted by atomic mass is 16.2. The first kappa shape index (κ1) is 14.3. The molecule has 0 bridgehead atoms. The maximum atomic E-state index is 12.7. The standard InChI is InChI=1S/C17H23N3O/c1-2-10-20-12-5-8-17(20)7-4-11-19(14-17)16(21)15-6-3-9-18-13-15/h2-3,6,9,13H,1,4-5,7-8,10-12,14H2. The normalized spacial score (nSPS) is 26.2.